The van der Waals surface area contributed by atoms with Crippen molar-refractivity contribution < 1.29 is 21.1 Å². The van der Waals surface area contributed by atoms with E-state index in [0.29, 0.717) is 0 Å². The number of hydrogen-bond donors (Lipinski definition) is 0. The normalized spacial score (nSPS) is 0. The molecular formula is H9BiSiSnW. The van der Waals surface area contributed by atoms with E-state index in [0.717, 1.165) is 0 Å². The molecule has 0 saturated heterocycles. The van der Waals surface area contributed by atoms with Gasteiger partial charge in [0.2, 0.25) is 0 Å². The first-order valence-corrected chi connectivity index (χ1v) is 0. The van der Waals surface area contributed by atoms with Crippen LogP contribution in [0.15, 0.2) is 0 Å². The summed E-state index contributed by atoms with van der Waals surface area (Å²) >= 11 is 0. The van der Waals surface area contributed by atoms with Crippen molar-refractivity contribution in [3.8, 4) is 0 Å². The maximum atomic E-state index is 0. The molecule has 0 amide bonds. The molecule has 0 aliphatic rings. The molecule has 2 radical (unpaired) electrons. The second-order valence-corrected chi connectivity index (χ2v) is 0. The van der Waals surface area contributed by atoms with Crippen LogP contribution in [0.5, 0.6) is 0 Å². The van der Waals surface area contributed by atoms with Gasteiger partial charge in [-0.25, -0.2) is 0 Å². The van der Waals surface area contributed by atoms with Crippen LogP contribution in [0.4, 0.5) is 0 Å². The van der Waals surface area contributed by atoms with E-state index in [2.05, 4.69) is 0 Å². The third-order valence-electron chi connectivity index (χ3n) is 0. The second-order valence-electron chi connectivity index (χ2n) is 0. The minimum absolute atomic E-state index is 0. The predicted molar refractivity (Wildman–Crippen MR) is 29.8 cm³/mol. The monoisotopic (exact) mass is 550 g/mol. The van der Waals surface area contributed by atoms with E-state index in [9.17, 15) is 0 Å². The van der Waals surface area contributed by atoms with E-state index in [1.54, 1.807) is 0 Å². The fourth-order valence-corrected chi connectivity index (χ4v) is 0. The van der Waals surface area contributed by atoms with Crippen LogP contribution in [0.2, 0.25) is 0 Å². The molecule has 0 aromatic rings. The van der Waals surface area contributed by atoms with Crippen LogP contribution in [-0.2, 0) is 21.1 Å². The van der Waals surface area contributed by atoms with Crippen LogP contribution in [0.25, 0.3) is 0 Å². The third-order valence-corrected chi connectivity index (χ3v) is 0. The molecular weight excluding hydrogens is 540 g/mol. The van der Waals surface area contributed by atoms with Crippen LogP contribution in [0.3, 0.4) is 0 Å². The van der Waals surface area contributed by atoms with E-state index in [4.69, 9.17) is 0 Å². The van der Waals surface area contributed by atoms with Gasteiger partial charge >= 0.3 is 50.1 Å². The first-order chi connectivity index (χ1) is 0. The van der Waals surface area contributed by atoms with Crippen molar-refractivity contribution in [1.82, 2.24) is 0 Å². The van der Waals surface area contributed by atoms with Gasteiger partial charge in [-0.1, -0.05) is 0 Å². The summed E-state index contributed by atoms with van der Waals surface area (Å²) in [6.07, 6.45) is 0. The molecule has 0 rings (SSSR count). The molecule has 0 saturated carbocycles. The van der Waals surface area contributed by atoms with Crippen molar-refractivity contribution in [2.75, 3.05) is 0 Å². The van der Waals surface area contributed by atoms with Crippen LogP contribution in [-0.4, -0.2) is 61.1 Å². The smallest absolute Gasteiger partial charge is 0 e. The molecule has 0 heterocycles. The first kappa shape index (κ1) is 30.7. The number of rotatable bonds is 0. The fourth-order valence-electron chi connectivity index (χ4n) is 0. The van der Waals surface area contributed by atoms with E-state index >= 15 is 0 Å². The van der Waals surface area contributed by atoms with Gasteiger partial charge in [0, 0.05) is 21.1 Å². The summed E-state index contributed by atoms with van der Waals surface area (Å²) in [6.45, 7) is 0. The van der Waals surface area contributed by atoms with Gasteiger partial charge in [0.15, 0.2) is 0 Å². The Morgan fingerprint density at radius 2 is 1.00 bits per heavy atom. The molecule has 28 valence electrons. The van der Waals surface area contributed by atoms with Crippen molar-refractivity contribution in [1.29, 1.82) is 0 Å². The molecule has 0 aromatic heterocycles. The fraction of sp³-hybridized carbons (Fsp3) is 0. The molecule has 0 fully saturated rings. The van der Waals surface area contributed by atoms with Crippen molar-refractivity contribution >= 4 is 61.1 Å². The van der Waals surface area contributed by atoms with Crippen LogP contribution in [0.1, 0.15) is 0 Å². The Balaban J connectivity index is 0. The maximum absolute atomic E-state index is 0. The van der Waals surface area contributed by atoms with Gasteiger partial charge in [-0.3, -0.25) is 0 Å². The molecule has 4 heavy (non-hydrogen) atoms. The van der Waals surface area contributed by atoms with E-state index < -0.39 is 0 Å². The van der Waals surface area contributed by atoms with Gasteiger partial charge < -0.3 is 0 Å². The average Bonchev–Trinajstić information content (AvgIpc) is 0. The summed E-state index contributed by atoms with van der Waals surface area (Å²) in [6, 6.07) is 0. The average molecular weight is 549 g/mol. The van der Waals surface area contributed by atoms with Gasteiger partial charge in [0.25, 0.3) is 0 Å². The first-order valence-electron chi connectivity index (χ1n) is 0. The molecule has 0 aliphatic carbocycles. The van der Waals surface area contributed by atoms with Gasteiger partial charge in [-0.15, -0.1) is 0 Å². The molecule has 4 heteroatoms. The molecule has 0 aromatic carbocycles. The van der Waals surface area contributed by atoms with Gasteiger partial charge in [0.05, 0.1) is 0 Å². The van der Waals surface area contributed by atoms with Crippen LogP contribution < -0.4 is 0 Å². The van der Waals surface area contributed by atoms with Crippen LogP contribution >= 0.6 is 0 Å². The Kier molecular flexibility index (Phi) is 135. The standard InChI is InChI=1S/Bi.H4Si.Sn.W.5H/h;1H4;;;;;;;. The third kappa shape index (κ3) is 8.82. The maximum Gasteiger partial charge on any atom is 0 e. The minimum Gasteiger partial charge on any atom is 0 e. The van der Waals surface area contributed by atoms with E-state index in [1.165, 1.54) is 0 Å². The zero-order chi connectivity index (χ0) is 0. The topological polar surface area (TPSA) is 0 Å². The van der Waals surface area contributed by atoms with E-state index in [1.807, 2.05) is 0 Å². The molecule has 0 N–H and O–H groups in total. The second kappa shape index (κ2) is 17.6. The Morgan fingerprint density at radius 3 is 1.00 bits per heavy atom. The quantitative estimate of drug-likeness (QED) is 0.275. The molecule has 0 nitrogen and oxygen atoms in total. The van der Waals surface area contributed by atoms with Crippen molar-refractivity contribution in [3.63, 3.8) is 0 Å². The molecule has 0 unspecified atom stereocenters. The Bertz CT molecular complexity index is 8.00. The van der Waals surface area contributed by atoms with Gasteiger partial charge in [0.1, 0.15) is 0 Å². The van der Waals surface area contributed by atoms with Crippen molar-refractivity contribution in [2.24, 2.45) is 0 Å². The summed E-state index contributed by atoms with van der Waals surface area (Å²) in [7, 11) is 0. The minimum atomic E-state index is 0. The van der Waals surface area contributed by atoms with Gasteiger partial charge in [-0.2, -0.15) is 0 Å². The zero-order valence-electron chi connectivity index (χ0n) is 1.82. The summed E-state index contributed by atoms with van der Waals surface area (Å²) in [4.78, 5) is 0. The van der Waals surface area contributed by atoms with Crippen molar-refractivity contribution in [2.45, 2.75) is 0 Å². The Hall–Kier alpha value is 2.59. The summed E-state index contributed by atoms with van der Waals surface area (Å²) in [5.41, 5.74) is 0. The largest absolute Gasteiger partial charge is 0 e. The Labute approximate surface area is 80.9 Å². The van der Waals surface area contributed by atoms with Crippen LogP contribution in [0, 0.1) is 0 Å². The summed E-state index contributed by atoms with van der Waals surface area (Å²) in [5, 5.41) is 0. The summed E-state index contributed by atoms with van der Waals surface area (Å²) in [5.74, 6) is 0. The molecule has 0 aliphatic heterocycles. The SMILES string of the molecule is [BiH3].[SiH4].[SnH2].[W]. The summed E-state index contributed by atoms with van der Waals surface area (Å²) < 4.78 is 0. The molecule has 0 bridgehead atoms. The van der Waals surface area contributed by atoms with E-state index in [-0.39, 0.29) is 82.1 Å². The Morgan fingerprint density at radius 1 is 1.00 bits per heavy atom. The molecule has 0 spiro atoms. The number of hydrogen-bond acceptors (Lipinski definition) is 0. The molecule has 0 atom stereocenters. The van der Waals surface area contributed by atoms with Gasteiger partial charge in [-0.05, 0) is 11.0 Å². The zero-order valence-corrected chi connectivity index (χ0v) is 14.3. The predicted octanol–water partition coefficient (Wildman–Crippen LogP) is -3.55. The van der Waals surface area contributed by atoms with Crippen molar-refractivity contribution in [3.05, 3.63) is 0 Å².